The van der Waals surface area contributed by atoms with Gasteiger partial charge in [-0.2, -0.15) is 11.3 Å². The van der Waals surface area contributed by atoms with Gasteiger partial charge in [0.25, 0.3) is 0 Å². The summed E-state index contributed by atoms with van der Waals surface area (Å²) in [6, 6.07) is 10.3. The summed E-state index contributed by atoms with van der Waals surface area (Å²) in [7, 11) is -3.65. The fourth-order valence-electron chi connectivity index (χ4n) is 2.87. The van der Waals surface area contributed by atoms with Crippen molar-refractivity contribution in [3.8, 4) is 0 Å². The lowest BCUT2D eigenvalue weighted by Crippen LogP contribution is -2.23. The maximum atomic E-state index is 12.9. The lowest BCUT2D eigenvalue weighted by atomic mass is 9.93. The second-order valence-corrected chi connectivity index (χ2v) is 9.13. The minimum Gasteiger partial charge on any atom is -0.324 e. The van der Waals surface area contributed by atoms with Crippen LogP contribution in [0.3, 0.4) is 0 Å². The molecule has 0 fully saturated rings. The van der Waals surface area contributed by atoms with Crippen molar-refractivity contribution in [1.29, 1.82) is 0 Å². The molecule has 4 rings (SSSR count). The van der Waals surface area contributed by atoms with E-state index in [2.05, 4.69) is 5.32 Å². The highest BCUT2D eigenvalue weighted by atomic mass is 32.2. The van der Waals surface area contributed by atoms with Crippen molar-refractivity contribution in [3.05, 3.63) is 63.0 Å². The fourth-order valence-corrected chi connectivity index (χ4v) is 6.51. The Balaban J connectivity index is 1.85. The summed E-state index contributed by atoms with van der Waals surface area (Å²) < 4.78 is 25.8. The van der Waals surface area contributed by atoms with Crippen LogP contribution < -0.4 is 5.32 Å². The standard InChI is InChI=1S/C17H13NO3S3/c19-15-8-13(11-6-7-22-9-11)17-16(18-15)14(10-23-17)24(20,21)12-4-2-1-3-5-12/h1-7,9-10,13H,8H2,(H,18,19)/t13-/m1/s1. The van der Waals surface area contributed by atoms with E-state index in [4.69, 9.17) is 0 Å². The van der Waals surface area contributed by atoms with Crippen LogP contribution in [0.4, 0.5) is 5.69 Å². The molecule has 1 aliphatic rings. The quantitative estimate of drug-likeness (QED) is 0.749. The maximum Gasteiger partial charge on any atom is 0.225 e. The molecular weight excluding hydrogens is 362 g/mol. The first-order chi connectivity index (χ1) is 11.6. The van der Waals surface area contributed by atoms with Crippen LogP contribution >= 0.6 is 22.7 Å². The number of hydrogen-bond donors (Lipinski definition) is 1. The Morgan fingerprint density at radius 3 is 2.58 bits per heavy atom. The number of benzene rings is 1. The molecule has 24 heavy (non-hydrogen) atoms. The van der Waals surface area contributed by atoms with Gasteiger partial charge >= 0.3 is 0 Å². The van der Waals surface area contributed by atoms with Gasteiger partial charge in [-0.05, 0) is 34.5 Å². The molecule has 1 N–H and O–H groups in total. The van der Waals surface area contributed by atoms with E-state index < -0.39 is 9.84 Å². The third-order valence-corrected chi connectivity index (χ3v) is 7.79. The van der Waals surface area contributed by atoms with E-state index in [0.717, 1.165) is 10.4 Å². The van der Waals surface area contributed by atoms with Gasteiger partial charge in [0.15, 0.2) is 0 Å². The summed E-state index contributed by atoms with van der Waals surface area (Å²) in [5, 5.41) is 8.39. The van der Waals surface area contributed by atoms with E-state index in [0.29, 0.717) is 12.1 Å². The number of fused-ring (bicyclic) bond motifs is 1. The zero-order valence-corrected chi connectivity index (χ0v) is 14.9. The van der Waals surface area contributed by atoms with E-state index in [-0.39, 0.29) is 21.6 Å². The molecule has 0 bridgehead atoms. The Labute approximate surface area is 147 Å². The van der Waals surface area contributed by atoms with E-state index in [9.17, 15) is 13.2 Å². The number of thiophene rings is 2. The van der Waals surface area contributed by atoms with Crippen LogP contribution in [0, 0.1) is 0 Å². The van der Waals surface area contributed by atoms with Crippen LogP contribution in [0.25, 0.3) is 0 Å². The summed E-state index contributed by atoms with van der Waals surface area (Å²) in [5.74, 6) is -0.230. The molecule has 1 amide bonds. The maximum absolute atomic E-state index is 12.9. The number of sulfone groups is 1. The second-order valence-electron chi connectivity index (χ2n) is 5.52. The third-order valence-electron chi connectivity index (χ3n) is 4.04. The first-order valence-electron chi connectivity index (χ1n) is 7.31. The molecule has 1 aliphatic heterocycles. The molecule has 0 radical (unpaired) electrons. The molecular formula is C17H13NO3S3. The summed E-state index contributed by atoms with van der Waals surface area (Å²) in [4.78, 5) is 13.5. The number of hydrogen-bond acceptors (Lipinski definition) is 5. The zero-order chi connectivity index (χ0) is 16.7. The molecule has 0 aliphatic carbocycles. The van der Waals surface area contributed by atoms with Crippen molar-refractivity contribution in [2.24, 2.45) is 0 Å². The predicted octanol–water partition coefficient (Wildman–Crippen LogP) is 4.12. The third kappa shape index (κ3) is 2.49. The SMILES string of the molecule is O=C1C[C@H](c2ccsc2)c2scc(S(=O)(=O)c3ccccc3)c2N1. The smallest absolute Gasteiger partial charge is 0.225 e. The van der Waals surface area contributed by atoms with Crippen molar-refractivity contribution >= 4 is 44.1 Å². The van der Waals surface area contributed by atoms with Crippen LogP contribution in [0.1, 0.15) is 22.8 Å². The van der Waals surface area contributed by atoms with Crippen LogP contribution in [0.2, 0.25) is 0 Å². The van der Waals surface area contributed by atoms with Gasteiger partial charge in [-0.25, -0.2) is 8.42 Å². The highest BCUT2D eigenvalue weighted by Gasteiger charge is 2.34. The predicted molar refractivity (Wildman–Crippen MR) is 95.6 cm³/mol. The first-order valence-corrected chi connectivity index (χ1v) is 10.6. The van der Waals surface area contributed by atoms with Gasteiger partial charge in [-0.15, -0.1) is 11.3 Å². The van der Waals surface area contributed by atoms with Gasteiger partial charge in [0.1, 0.15) is 4.90 Å². The van der Waals surface area contributed by atoms with Gasteiger partial charge in [-0.1, -0.05) is 18.2 Å². The van der Waals surface area contributed by atoms with Crippen molar-refractivity contribution in [1.82, 2.24) is 0 Å². The van der Waals surface area contributed by atoms with Crippen molar-refractivity contribution < 1.29 is 13.2 Å². The van der Waals surface area contributed by atoms with Gasteiger partial charge in [-0.3, -0.25) is 4.79 Å². The second kappa shape index (κ2) is 5.84. The zero-order valence-electron chi connectivity index (χ0n) is 12.4. The van der Waals surface area contributed by atoms with Gasteiger partial charge in [0.05, 0.1) is 10.6 Å². The molecule has 0 saturated carbocycles. The minimum atomic E-state index is -3.65. The number of rotatable bonds is 3. The van der Waals surface area contributed by atoms with Crippen molar-refractivity contribution in [2.45, 2.75) is 22.1 Å². The highest BCUT2D eigenvalue weighted by molar-refractivity contribution is 7.91. The van der Waals surface area contributed by atoms with Gasteiger partial charge in [0, 0.05) is 22.6 Å². The lowest BCUT2D eigenvalue weighted by molar-refractivity contribution is -0.116. The van der Waals surface area contributed by atoms with Crippen LogP contribution in [-0.2, 0) is 14.6 Å². The Kier molecular flexibility index (Phi) is 3.79. The molecule has 3 aromatic rings. The Hall–Kier alpha value is -1.96. The number of anilines is 1. The largest absolute Gasteiger partial charge is 0.324 e. The van der Waals surface area contributed by atoms with E-state index in [1.54, 1.807) is 47.0 Å². The van der Waals surface area contributed by atoms with Gasteiger partial charge < -0.3 is 5.32 Å². The van der Waals surface area contributed by atoms with E-state index >= 15 is 0 Å². The van der Waals surface area contributed by atoms with Crippen molar-refractivity contribution in [2.75, 3.05) is 5.32 Å². The summed E-state index contributed by atoms with van der Waals surface area (Å²) in [6.45, 7) is 0. The number of nitrogens with one attached hydrogen (secondary N) is 1. The van der Waals surface area contributed by atoms with Crippen LogP contribution in [0.15, 0.2) is 62.3 Å². The number of carbonyl (C=O) groups is 1. The molecule has 122 valence electrons. The summed E-state index contributed by atoms with van der Waals surface area (Å²) >= 11 is 2.97. The molecule has 2 aromatic heterocycles. The molecule has 0 saturated heterocycles. The monoisotopic (exact) mass is 375 g/mol. The Bertz CT molecular complexity index is 989. The minimum absolute atomic E-state index is 0.0790. The van der Waals surface area contributed by atoms with Crippen LogP contribution in [0.5, 0.6) is 0 Å². The topological polar surface area (TPSA) is 63.2 Å². The molecule has 0 unspecified atom stereocenters. The normalized spacial score (nSPS) is 17.3. The number of carbonyl (C=O) groups excluding carboxylic acids is 1. The average Bonchev–Trinajstić information content (AvgIpc) is 3.24. The summed E-state index contributed by atoms with van der Waals surface area (Å²) in [6.07, 6.45) is 0.342. The average molecular weight is 375 g/mol. The van der Waals surface area contributed by atoms with E-state index in [1.165, 1.54) is 11.3 Å². The fraction of sp³-hybridized carbons (Fsp3) is 0.118. The molecule has 7 heteroatoms. The number of amides is 1. The van der Waals surface area contributed by atoms with Gasteiger partial charge in [0.2, 0.25) is 15.7 Å². The van der Waals surface area contributed by atoms with E-state index in [1.807, 2.05) is 16.8 Å². The molecule has 0 spiro atoms. The molecule has 4 nitrogen and oxygen atoms in total. The Morgan fingerprint density at radius 1 is 1.08 bits per heavy atom. The summed E-state index contributed by atoms with van der Waals surface area (Å²) in [5.41, 5.74) is 1.50. The Morgan fingerprint density at radius 2 is 1.88 bits per heavy atom. The molecule has 3 heterocycles. The van der Waals surface area contributed by atoms with Crippen molar-refractivity contribution in [3.63, 3.8) is 0 Å². The molecule has 1 aromatic carbocycles. The lowest BCUT2D eigenvalue weighted by Gasteiger charge is -2.22. The molecule has 1 atom stereocenters. The highest BCUT2D eigenvalue weighted by Crippen LogP contribution is 2.46. The first kappa shape index (κ1) is 15.6. The van der Waals surface area contributed by atoms with Crippen LogP contribution in [-0.4, -0.2) is 14.3 Å².